The van der Waals surface area contributed by atoms with E-state index >= 15 is 0 Å². The van der Waals surface area contributed by atoms with Crippen LogP contribution in [0.15, 0.2) is 30.6 Å². The van der Waals surface area contributed by atoms with E-state index < -0.39 is 0 Å². The largest absolute Gasteiger partial charge is 0.390 e. The van der Waals surface area contributed by atoms with Crippen LogP contribution in [0, 0.1) is 0 Å². The second-order valence-corrected chi connectivity index (χ2v) is 4.60. The van der Waals surface area contributed by atoms with Crippen LogP contribution in [0.1, 0.15) is 5.69 Å². The monoisotopic (exact) mass is 274 g/mol. The molecule has 0 aliphatic heterocycles. The minimum Gasteiger partial charge on any atom is -0.390 e. The number of pyridine rings is 2. The molecule has 0 fully saturated rings. The zero-order valence-electron chi connectivity index (χ0n) is 10.2. The molecule has 6 heteroatoms. The van der Waals surface area contributed by atoms with E-state index in [0.717, 1.165) is 22.2 Å². The number of aliphatic hydroxyl groups excluding tert-OH is 1. The molecule has 0 radical (unpaired) electrons. The van der Waals surface area contributed by atoms with Gasteiger partial charge in [0.2, 0.25) is 0 Å². The molecular weight excluding hydrogens is 264 g/mol. The first-order valence-electron chi connectivity index (χ1n) is 5.73. The molecule has 0 bridgehead atoms. The molecule has 0 atom stereocenters. The van der Waals surface area contributed by atoms with Crippen LogP contribution in [0.3, 0.4) is 0 Å². The molecule has 0 saturated heterocycles. The van der Waals surface area contributed by atoms with Crippen LogP contribution in [0.25, 0.3) is 22.2 Å². The third-order valence-electron chi connectivity index (χ3n) is 2.87. The summed E-state index contributed by atoms with van der Waals surface area (Å²) in [6, 6.07) is 5.43. The molecule has 19 heavy (non-hydrogen) atoms. The number of hydrogen-bond acceptors (Lipinski definition) is 4. The van der Waals surface area contributed by atoms with Gasteiger partial charge in [-0.15, -0.1) is 0 Å². The van der Waals surface area contributed by atoms with Crippen molar-refractivity contribution in [3.63, 3.8) is 0 Å². The van der Waals surface area contributed by atoms with Crippen molar-refractivity contribution in [3.8, 4) is 11.1 Å². The summed E-state index contributed by atoms with van der Waals surface area (Å²) in [6.45, 7) is -0.114. The average molecular weight is 275 g/mol. The zero-order valence-corrected chi connectivity index (χ0v) is 11.0. The van der Waals surface area contributed by atoms with Gasteiger partial charge in [0.25, 0.3) is 0 Å². The Morgan fingerprint density at radius 3 is 2.95 bits per heavy atom. The molecule has 0 aliphatic rings. The fraction of sp³-hybridized carbons (Fsp3) is 0.154. The number of aliphatic hydroxyl groups is 1. The van der Waals surface area contributed by atoms with Crippen LogP contribution < -0.4 is 0 Å². The van der Waals surface area contributed by atoms with Crippen molar-refractivity contribution >= 4 is 22.6 Å². The van der Waals surface area contributed by atoms with Crippen molar-refractivity contribution < 1.29 is 5.11 Å². The molecular formula is C13H11ClN4O. The first-order valence-corrected chi connectivity index (χ1v) is 6.11. The summed E-state index contributed by atoms with van der Waals surface area (Å²) in [4.78, 5) is 8.58. The smallest absolute Gasteiger partial charge is 0.129 e. The quantitative estimate of drug-likeness (QED) is 0.728. The van der Waals surface area contributed by atoms with Gasteiger partial charge in [0.15, 0.2) is 0 Å². The van der Waals surface area contributed by atoms with Crippen LogP contribution in [-0.2, 0) is 13.7 Å². The van der Waals surface area contributed by atoms with Crippen molar-refractivity contribution in [2.75, 3.05) is 0 Å². The van der Waals surface area contributed by atoms with E-state index in [1.807, 2.05) is 25.4 Å². The first kappa shape index (κ1) is 12.1. The summed E-state index contributed by atoms with van der Waals surface area (Å²) in [7, 11) is 1.81. The lowest BCUT2D eigenvalue weighted by Crippen LogP contribution is -1.91. The number of aromatic nitrogens is 4. The lowest BCUT2D eigenvalue weighted by atomic mass is 10.1. The average Bonchev–Trinajstić information content (AvgIpc) is 2.79. The maximum absolute atomic E-state index is 9.32. The highest BCUT2D eigenvalue weighted by molar-refractivity contribution is 6.29. The van der Waals surface area contributed by atoms with E-state index in [0.29, 0.717) is 10.8 Å². The van der Waals surface area contributed by atoms with Gasteiger partial charge in [0, 0.05) is 30.6 Å². The minimum atomic E-state index is -0.114. The topological polar surface area (TPSA) is 63.8 Å². The maximum atomic E-state index is 9.32. The van der Waals surface area contributed by atoms with Gasteiger partial charge in [0.1, 0.15) is 5.15 Å². The Morgan fingerprint density at radius 2 is 2.16 bits per heavy atom. The van der Waals surface area contributed by atoms with Crippen molar-refractivity contribution in [2.45, 2.75) is 6.61 Å². The number of rotatable bonds is 2. The van der Waals surface area contributed by atoms with Gasteiger partial charge < -0.3 is 5.11 Å². The Hall–Kier alpha value is -1.98. The zero-order chi connectivity index (χ0) is 13.4. The van der Waals surface area contributed by atoms with Crippen LogP contribution in [0.2, 0.25) is 5.15 Å². The predicted molar refractivity (Wildman–Crippen MR) is 72.7 cm³/mol. The highest BCUT2D eigenvalue weighted by atomic mass is 35.5. The van der Waals surface area contributed by atoms with Crippen molar-refractivity contribution in [2.24, 2.45) is 7.05 Å². The molecule has 0 spiro atoms. The van der Waals surface area contributed by atoms with E-state index in [2.05, 4.69) is 15.1 Å². The minimum absolute atomic E-state index is 0.114. The van der Waals surface area contributed by atoms with E-state index in [4.69, 9.17) is 11.6 Å². The third-order valence-corrected chi connectivity index (χ3v) is 3.08. The highest BCUT2D eigenvalue weighted by Crippen LogP contribution is 2.25. The first-order chi connectivity index (χ1) is 9.17. The summed E-state index contributed by atoms with van der Waals surface area (Å²) in [5.74, 6) is 0. The molecule has 0 saturated carbocycles. The fourth-order valence-corrected chi connectivity index (χ4v) is 2.18. The molecule has 1 N–H and O–H groups in total. The Bertz CT molecular complexity index is 753. The molecule has 3 aromatic heterocycles. The predicted octanol–water partition coefficient (Wildman–Crippen LogP) is 2.18. The Labute approximate surface area is 114 Å². The molecule has 0 amide bonds. The number of hydrogen-bond donors (Lipinski definition) is 1. The van der Waals surface area contributed by atoms with E-state index in [1.54, 1.807) is 16.9 Å². The third kappa shape index (κ3) is 2.18. The van der Waals surface area contributed by atoms with Crippen molar-refractivity contribution in [1.82, 2.24) is 19.7 Å². The molecule has 3 aromatic rings. The normalized spacial score (nSPS) is 11.1. The van der Waals surface area contributed by atoms with Crippen LogP contribution in [0.4, 0.5) is 0 Å². The second-order valence-electron chi connectivity index (χ2n) is 4.22. The number of halogens is 1. The van der Waals surface area contributed by atoms with Gasteiger partial charge in [-0.3, -0.25) is 9.67 Å². The summed E-state index contributed by atoms with van der Waals surface area (Å²) < 4.78 is 1.66. The summed E-state index contributed by atoms with van der Waals surface area (Å²) in [5, 5.41) is 13.9. The molecule has 5 nitrogen and oxygen atoms in total. The second kappa shape index (κ2) is 4.60. The lowest BCUT2D eigenvalue weighted by molar-refractivity contribution is 0.276. The highest BCUT2D eigenvalue weighted by Gasteiger charge is 2.10. The van der Waals surface area contributed by atoms with E-state index in [-0.39, 0.29) is 6.61 Å². The van der Waals surface area contributed by atoms with Gasteiger partial charge in [0.05, 0.1) is 23.3 Å². The maximum Gasteiger partial charge on any atom is 0.129 e. The Morgan fingerprint density at radius 1 is 1.32 bits per heavy atom. The standard InChI is InChI=1S/C13H11ClN4O/c1-18-6-9(12(7-19)17-18)8-4-11-10(15-5-8)2-3-13(14)16-11/h2-6,19H,7H2,1H3. The summed E-state index contributed by atoms with van der Waals surface area (Å²) >= 11 is 5.88. The summed E-state index contributed by atoms with van der Waals surface area (Å²) in [5.41, 5.74) is 3.83. The number of nitrogens with zero attached hydrogens (tertiary/aromatic N) is 4. The molecule has 0 aromatic carbocycles. The van der Waals surface area contributed by atoms with E-state index in [1.165, 1.54) is 0 Å². The van der Waals surface area contributed by atoms with Crippen LogP contribution in [0.5, 0.6) is 0 Å². The number of aryl methyl sites for hydroxylation is 1. The molecule has 3 heterocycles. The Kier molecular flexibility index (Phi) is 2.93. The fourth-order valence-electron chi connectivity index (χ4n) is 2.02. The van der Waals surface area contributed by atoms with Crippen molar-refractivity contribution in [1.29, 1.82) is 0 Å². The molecule has 96 valence electrons. The molecule has 3 rings (SSSR count). The van der Waals surface area contributed by atoms with Crippen LogP contribution in [-0.4, -0.2) is 24.9 Å². The van der Waals surface area contributed by atoms with Crippen LogP contribution >= 0.6 is 11.6 Å². The number of fused-ring (bicyclic) bond motifs is 1. The molecule has 0 aliphatic carbocycles. The lowest BCUT2D eigenvalue weighted by Gasteiger charge is -2.02. The van der Waals surface area contributed by atoms with Gasteiger partial charge >= 0.3 is 0 Å². The van der Waals surface area contributed by atoms with Gasteiger partial charge in [-0.1, -0.05) is 11.6 Å². The van der Waals surface area contributed by atoms with E-state index in [9.17, 15) is 5.11 Å². The van der Waals surface area contributed by atoms with Gasteiger partial charge in [-0.2, -0.15) is 5.10 Å². The summed E-state index contributed by atoms with van der Waals surface area (Å²) in [6.07, 6.45) is 3.59. The van der Waals surface area contributed by atoms with Gasteiger partial charge in [-0.25, -0.2) is 4.98 Å². The van der Waals surface area contributed by atoms with Crippen molar-refractivity contribution in [3.05, 3.63) is 41.4 Å². The van der Waals surface area contributed by atoms with Gasteiger partial charge in [-0.05, 0) is 18.2 Å². The Balaban J connectivity index is 2.19. The molecule has 0 unspecified atom stereocenters. The SMILES string of the molecule is Cn1cc(-c2cnc3ccc(Cl)nc3c2)c(CO)n1.